The van der Waals surface area contributed by atoms with E-state index in [9.17, 15) is 24.6 Å². The monoisotopic (exact) mass is 716 g/mol. The number of fused-ring (bicyclic) bond motifs is 5. The Morgan fingerprint density at radius 1 is 0.846 bits per heavy atom. The maximum atomic E-state index is 13.5. The van der Waals surface area contributed by atoms with Crippen LogP contribution in [0.15, 0.2) is 54.6 Å². The molecule has 52 heavy (non-hydrogen) atoms. The van der Waals surface area contributed by atoms with Gasteiger partial charge in [0.15, 0.2) is 0 Å². The third-order valence-electron chi connectivity index (χ3n) is 14.1. The number of anilines is 1. The van der Waals surface area contributed by atoms with E-state index in [0.29, 0.717) is 53.4 Å². The third-order valence-corrected chi connectivity index (χ3v) is 14.1. The Balaban J connectivity index is 1.06. The first-order chi connectivity index (χ1) is 24.9. The minimum atomic E-state index is -0.961. The number of hydrogen-bond donors (Lipinski definition) is 4. The minimum absolute atomic E-state index is 0.00996. The Bertz CT molecular complexity index is 1550. The van der Waals surface area contributed by atoms with Crippen molar-refractivity contribution in [3.63, 3.8) is 0 Å². The second kappa shape index (κ2) is 16.3. The van der Waals surface area contributed by atoms with E-state index in [1.54, 1.807) is 18.2 Å². The molecule has 0 radical (unpaired) electrons. The lowest BCUT2D eigenvalue weighted by atomic mass is 9.43. The molecule has 6 rings (SSSR count). The summed E-state index contributed by atoms with van der Waals surface area (Å²) in [5.41, 5.74) is 1.69. The molecule has 2 aromatic rings. The molecule has 4 N–H and O–H groups in total. The molecule has 2 amide bonds. The standard InChI is InChI=1S/C43H60N2O7/c1-27(31-15-16-32-40-33(21-23-43(31,32)3)42(2)22-20-30(46)24-29(42)25-36(40)47)14-18-38(48)45-35(41(50)52-26-28-10-6-5-7-11-28)17-19-39(49)44-34-12-8-9-13-37(34)51-4/h5-13,27,29-33,35-36,40,46-47H,14-26H2,1-4H3,(H,44,49)(H,45,48)/t27-,29+,30-,31-,32+,33+,35+,36-,40+,42+,43-/m1/s1. The first-order valence-electron chi connectivity index (χ1n) is 19.7. The average molecular weight is 717 g/mol. The zero-order chi connectivity index (χ0) is 37.0. The van der Waals surface area contributed by atoms with Crippen molar-refractivity contribution in [3.05, 3.63) is 60.2 Å². The molecule has 2 aromatic carbocycles. The van der Waals surface area contributed by atoms with Crippen LogP contribution in [0.2, 0.25) is 0 Å². The maximum Gasteiger partial charge on any atom is 0.328 e. The second-order valence-electron chi connectivity index (χ2n) is 17.0. The van der Waals surface area contributed by atoms with Gasteiger partial charge in [-0.15, -0.1) is 0 Å². The van der Waals surface area contributed by atoms with Gasteiger partial charge in [0.25, 0.3) is 0 Å². The predicted molar refractivity (Wildman–Crippen MR) is 200 cm³/mol. The van der Waals surface area contributed by atoms with Crippen LogP contribution >= 0.6 is 0 Å². The summed E-state index contributed by atoms with van der Waals surface area (Å²) in [5, 5.41) is 27.8. The number of hydrogen-bond acceptors (Lipinski definition) is 7. The van der Waals surface area contributed by atoms with Gasteiger partial charge in [0.1, 0.15) is 18.4 Å². The number of ether oxygens (including phenoxy) is 2. The highest BCUT2D eigenvalue weighted by atomic mass is 16.5. The van der Waals surface area contributed by atoms with Gasteiger partial charge in [-0.1, -0.05) is 63.2 Å². The summed E-state index contributed by atoms with van der Waals surface area (Å²) in [6.45, 7) is 7.24. The lowest BCUT2D eigenvalue weighted by Crippen LogP contribution is -2.58. The van der Waals surface area contributed by atoms with Gasteiger partial charge in [-0.05, 0) is 128 Å². The van der Waals surface area contributed by atoms with E-state index >= 15 is 0 Å². The van der Waals surface area contributed by atoms with E-state index in [2.05, 4.69) is 31.4 Å². The largest absolute Gasteiger partial charge is 0.495 e. The summed E-state index contributed by atoms with van der Waals surface area (Å²) in [4.78, 5) is 39.7. The first-order valence-corrected chi connectivity index (χ1v) is 19.7. The zero-order valence-corrected chi connectivity index (χ0v) is 31.5. The molecule has 0 aromatic heterocycles. The van der Waals surface area contributed by atoms with Crippen LogP contribution in [0.25, 0.3) is 0 Å². The van der Waals surface area contributed by atoms with Gasteiger partial charge >= 0.3 is 5.97 Å². The summed E-state index contributed by atoms with van der Waals surface area (Å²) >= 11 is 0. The molecule has 0 unspecified atom stereocenters. The van der Waals surface area contributed by atoms with Crippen molar-refractivity contribution in [2.24, 2.45) is 46.3 Å². The van der Waals surface area contributed by atoms with Crippen LogP contribution in [-0.4, -0.2) is 53.4 Å². The molecule has 4 aliphatic carbocycles. The number of para-hydroxylation sites is 2. The topological polar surface area (TPSA) is 134 Å². The molecule has 0 bridgehead atoms. The van der Waals surface area contributed by atoms with E-state index in [1.165, 1.54) is 7.11 Å². The van der Waals surface area contributed by atoms with Crippen molar-refractivity contribution in [2.75, 3.05) is 12.4 Å². The third kappa shape index (κ3) is 8.06. The van der Waals surface area contributed by atoms with E-state index in [1.807, 2.05) is 36.4 Å². The number of amides is 2. The number of carbonyl (C=O) groups excluding carboxylic acids is 3. The number of esters is 1. The lowest BCUT2D eigenvalue weighted by molar-refractivity contribution is -0.174. The fourth-order valence-corrected chi connectivity index (χ4v) is 11.3. The molecule has 4 saturated carbocycles. The second-order valence-corrected chi connectivity index (χ2v) is 17.0. The van der Waals surface area contributed by atoms with Gasteiger partial charge in [0, 0.05) is 12.8 Å². The molecule has 0 heterocycles. The van der Waals surface area contributed by atoms with Crippen molar-refractivity contribution in [1.82, 2.24) is 5.32 Å². The molecule has 0 aliphatic heterocycles. The van der Waals surface area contributed by atoms with Crippen LogP contribution < -0.4 is 15.4 Å². The molecule has 284 valence electrons. The molecule has 11 atom stereocenters. The molecule has 4 fully saturated rings. The molecular weight excluding hydrogens is 656 g/mol. The van der Waals surface area contributed by atoms with Gasteiger partial charge < -0.3 is 30.3 Å². The summed E-state index contributed by atoms with van der Waals surface area (Å²) in [5.74, 6) is 1.90. The smallest absolute Gasteiger partial charge is 0.328 e. The molecular formula is C43H60N2O7. The van der Waals surface area contributed by atoms with E-state index in [-0.39, 0.29) is 60.7 Å². The Morgan fingerprint density at radius 3 is 2.31 bits per heavy atom. The van der Waals surface area contributed by atoms with E-state index in [4.69, 9.17) is 9.47 Å². The van der Waals surface area contributed by atoms with Gasteiger partial charge in [0.2, 0.25) is 11.8 Å². The van der Waals surface area contributed by atoms with Crippen molar-refractivity contribution in [2.45, 2.75) is 123 Å². The van der Waals surface area contributed by atoms with Crippen molar-refractivity contribution in [1.29, 1.82) is 0 Å². The maximum absolute atomic E-state index is 13.5. The summed E-state index contributed by atoms with van der Waals surface area (Å²) in [7, 11) is 1.54. The van der Waals surface area contributed by atoms with Crippen molar-refractivity contribution in [3.8, 4) is 5.75 Å². The number of nitrogens with one attached hydrogen (secondary N) is 2. The van der Waals surface area contributed by atoms with Gasteiger partial charge in [-0.3, -0.25) is 9.59 Å². The van der Waals surface area contributed by atoms with E-state index < -0.39 is 12.0 Å². The quantitative estimate of drug-likeness (QED) is 0.163. The predicted octanol–water partition coefficient (Wildman–Crippen LogP) is 7.05. The van der Waals surface area contributed by atoms with Crippen LogP contribution in [0.3, 0.4) is 0 Å². The number of aliphatic hydroxyl groups is 2. The van der Waals surface area contributed by atoms with Crippen LogP contribution in [0.4, 0.5) is 5.69 Å². The highest BCUT2D eigenvalue weighted by Crippen LogP contribution is 2.68. The number of methoxy groups -OCH3 is 1. The average Bonchev–Trinajstić information content (AvgIpc) is 3.49. The summed E-state index contributed by atoms with van der Waals surface area (Å²) in [6.07, 6.45) is 8.59. The number of aliphatic hydroxyl groups excluding tert-OH is 2. The summed E-state index contributed by atoms with van der Waals surface area (Å²) < 4.78 is 11.0. The zero-order valence-electron chi connectivity index (χ0n) is 31.5. The number of rotatable bonds is 13. The molecule has 0 saturated heterocycles. The van der Waals surface area contributed by atoms with Gasteiger partial charge in [-0.25, -0.2) is 4.79 Å². The normalized spacial score (nSPS) is 33.4. The van der Waals surface area contributed by atoms with Gasteiger partial charge in [0.05, 0.1) is 25.0 Å². The van der Waals surface area contributed by atoms with E-state index in [0.717, 1.165) is 56.9 Å². The Hall–Kier alpha value is -3.43. The Labute approximate surface area is 309 Å². The van der Waals surface area contributed by atoms with Crippen LogP contribution in [0.5, 0.6) is 5.75 Å². The molecule has 0 spiro atoms. The minimum Gasteiger partial charge on any atom is -0.495 e. The van der Waals surface area contributed by atoms with Crippen molar-refractivity contribution >= 4 is 23.5 Å². The fraction of sp³-hybridized carbons (Fsp3) is 0.651. The Kier molecular flexibility index (Phi) is 12.0. The molecule has 9 heteroatoms. The molecule has 9 nitrogen and oxygen atoms in total. The van der Waals surface area contributed by atoms with Crippen LogP contribution in [0, 0.1) is 46.3 Å². The molecule has 4 aliphatic rings. The lowest BCUT2D eigenvalue weighted by Gasteiger charge is -2.62. The van der Waals surface area contributed by atoms with Crippen LogP contribution in [-0.2, 0) is 25.7 Å². The summed E-state index contributed by atoms with van der Waals surface area (Å²) in [6, 6.07) is 15.6. The first kappa shape index (κ1) is 38.3. The van der Waals surface area contributed by atoms with Crippen LogP contribution in [0.1, 0.15) is 103 Å². The Morgan fingerprint density at radius 2 is 1.54 bits per heavy atom. The number of benzene rings is 2. The van der Waals surface area contributed by atoms with Gasteiger partial charge in [-0.2, -0.15) is 0 Å². The SMILES string of the molecule is COc1ccccc1NC(=O)CC[C@H](NC(=O)CC[C@@H](C)[C@H]1CC[C@H]2[C@@H]3[C@H](O)C[C@@H]4C[C@H](O)CC[C@]4(C)[C@H]3CC[C@]12C)C(=O)OCc1ccccc1. The van der Waals surface area contributed by atoms with Crippen molar-refractivity contribution < 1.29 is 34.1 Å². The highest BCUT2D eigenvalue weighted by molar-refractivity contribution is 5.93. The fourth-order valence-electron chi connectivity index (χ4n) is 11.3. The highest BCUT2D eigenvalue weighted by Gasteiger charge is 2.62. The number of carbonyl (C=O) groups is 3.